The van der Waals surface area contributed by atoms with Crippen LogP contribution in [0, 0.1) is 5.92 Å². The fraction of sp³-hybridized carbons (Fsp3) is 0.467. The standard InChI is InChI=1S/C15H18O2/c1-10(2)8-14(16)15(17)13-7-6-11-4-3-5-12(11)9-13/h6-7,9-10H,3-5,8H2,1-2H3. The molecule has 1 aromatic carbocycles. The molecule has 1 aliphatic carbocycles. The van der Waals surface area contributed by atoms with Gasteiger partial charge in [-0.15, -0.1) is 0 Å². The second kappa shape index (κ2) is 4.82. The van der Waals surface area contributed by atoms with E-state index in [-0.39, 0.29) is 17.5 Å². The van der Waals surface area contributed by atoms with Gasteiger partial charge in [-0.05, 0) is 42.4 Å². The van der Waals surface area contributed by atoms with Crippen LogP contribution in [0.2, 0.25) is 0 Å². The van der Waals surface area contributed by atoms with Gasteiger partial charge in [-0.2, -0.15) is 0 Å². The first-order valence-electron chi connectivity index (χ1n) is 6.27. The van der Waals surface area contributed by atoms with Crippen LogP contribution in [0.15, 0.2) is 18.2 Å². The number of aryl methyl sites for hydroxylation is 2. The molecular formula is C15H18O2. The van der Waals surface area contributed by atoms with Crippen molar-refractivity contribution in [2.24, 2.45) is 5.92 Å². The third-order valence-electron chi connectivity index (χ3n) is 3.21. The molecule has 1 aromatic rings. The molecule has 0 spiro atoms. The van der Waals surface area contributed by atoms with E-state index in [1.807, 2.05) is 26.0 Å². The lowest BCUT2D eigenvalue weighted by molar-refractivity contribution is -0.115. The Morgan fingerprint density at radius 2 is 1.88 bits per heavy atom. The van der Waals surface area contributed by atoms with Crippen LogP contribution in [-0.2, 0) is 17.6 Å². The largest absolute Gasteiger partial charge is 0.290 e. The van der Waals surface area contributed by atoms with Crippen molar-refractivity contribution in [2.45, 2.75) is 39.5 Å². The van der Waals surface area contributed by atoms with Crippen LogP contribution in [-0.4, -0.2) is 11.6 Å². The minimum atomic E-state index is -0.326. The van der Waals surface area contributed by atoms with Gasteiger partial charge in [0.05, 0.1) is 0 Å². The van der Waals surface area contributed by atoms with Gasteiger partial charge in [-0.3, -0.25) is 9.59 Å². The van der Waals surface area contributed by atoms with Crippen LogP contribution in [0.5, 0.6) is 0 Å². The topological polar surface area (TPSA) is 34.1 Å². The first kappa shape index (κ1) is 12.0. The SMILES string of the molecule is CC(C)CC(=O)C(=O)c1ccc2c(c1)CCC2. The number of rotatable bonds is 4. The normalized spacial score (nSPS) is 13.8. The van der Waals surface area contributed by atoms with Crippen molar-refractivity contribution in [3.63, 3.8) is 0 Å². The molecule has 0 saturated carbocycles. The maximum atomic E-state index is 11.9. The van der Waals surface area contributed by atoms with E-state index >= 15 is 0 Å². The van der Waals surface area contributed by atoms with E-state index in [1.165, 1.54) is 11.1 Å². The molecule has 0 heterocycles. The maximum absolute atomic E-state index is 11.9. The number of benzene rings is 1. The van der Waals surface area contributed by atoms with E-state index < -0.39 is 0 Å². The molecule has 0 aromatic heterocycles. The smallest absolute Gasteiger partial charge is 0.228 e. The third-order valence-corrected chi connectivity index (χ3v) is 3.21. The summed E-state index contributed by atoms with van der Waals surface area (Å²) in [6.07, 6.45) is 3.64. The fourth-order valence-corrected chi connectivity index (χ4v) is 2.34. The lowest BCUT2D eigenvalue weighted by Gasteiger charge is -2.05. The van der Waals surface area contributed by atoms with Gasteiger partial charge in [-0.25, -0.2) is 0 Å². The van der Waals surface area contributed by atoms with Crippen LogP contribution in [0.3, 0.4) is 0 Å². The van der Waals surface area contributed by atoms with Crippen molar-refractivity contribution < 1.29 is 9.59 Å². The van der Waals surface area contributed by atoms with Crippen molar-refractivity contribution in [1.82, 2.24) is 0 Å². The molecular weight excluding hydrogens is 212 g/mol. The summed E-state index contributed by atoms with van der Waals surface area (Å²) in [5.41, 5.74) is 3.14. The summed E-state index contributed by atoms with van der Waals surface area (Å²) in [4.78, 5) is 23.6. The van der Waals surface area contributed by atoms with Gasteiger partial charge in [0.1, 0.15) is 0 Å². The van der Waals surface area contributed by atoms with Gasteiger partial charge in [0.25, 0.3) is 0 Å². The Morgan fingerprint density at radius 1 is 1.18 bits per heavy atom. The van der Waals surface area contributed by atoms with E-state index in [0.717, 1.165) is 19.3 Å². The van der Waals surface area contributed by atoms with Crippen molar-refractivity contribution in [3.8, 4) is 0 Å². The number of Topliss-reactive ketones (excluding diaryl/α,β-unsaturated/α-hetero) is 2. The average Bonchev–Trinajstić information content (AvgIpc) is 2.73. The fourth-order valence-electron chi connectivity index (χ4n) is 2.34. The number of ketones is 2. The number of hydrogen-bond donors (Lipinski definition) is 0. The molecule has 0 amide bonds. The second-order valence-electron chi connectivity index (χ2n) is 5.19. The Labute approximate surface area is 102 Å². The molecule has 0 unspecified atom stereocenters. The molecule has 0 aliphatic heterocycles. The quantitative estimate of drug-likeness (QED) is 0.588. The molecule has 0 atom stereocenters. The number of hydrogen-bond acceptors (Lipinski definition) is 2. The highest BCUT2D eigenvalue weighted by Crippen LogP contribution is 2.23. The van der Waals surface area contributed by atoms with Crippen LogP contribution >= 0.6 is 0 Å². The second-order valence-corrected chi connectivity index (χ2v) is 5.19. The van der Waals surface area contributed by atoms with E-state index in [9.17, 15) is 9.59 Å². The average molecular weight is 230 g/mol. The molecule has 90 valence electrons. The minimum absolute atomic E-state index is 0.237. The van der Waals surface area contributed by atoms with Crippen LogP contribution in [0.25, 0.3) is 0 Å². The van der Waals surface area contributed by atoms with E-state index in [0.29, 0.717) is 12.0 Å². The van der Waals surface area contributed by atoms with Gasteiger partial charge in [0.2, 0.25) is 11.6 Å². The molecule has 2 rings (SSSR count). The first-order valence-corrected chi connectivity index (χ1v) is 6.27. The Bertz CT molecular complexity index is 458. The van der Waals surface area contributed by atoms with E-state index in [4.69, 9.17) is 0 Å². The molecule has 0 radical (unpaired) electrons. The summed E-state index contributed by atoms with van der Waals surface area (Å²) in [6.45, 7) is 3.90. The zero-order valence-corrected chi connectivity index (χ0v) is 10.5. The summed E-state index contributed by atoms with van der Waals surface area (Å²) < 4.78 is 0. The first-order chi connectivity index (χ1) is 8.08. The summed E-state index contributed by atoms with van der Waals surface area (Å²) >= 11 is 0. The van der Waals surface area contributed by atoms with Crippen molar-refractivity contribution in [2.75, 3.05) is 0 Å². The summed E-state index contributed by atoms with van der Waals surface area (Å²) in [5.74, 6) is -0.354. The third kappa shape index (κ3) is 2.63. The summed E-state index contributed by atoms with van der Waals surface area (Å²) in [7, 11) is 0. The lowest BCUT2D eigenvalue weighted by atomic mass is 9.97. The Hall–Kier alpha value is -1.44. The monoisotopic (exact) mass is 230 g/mol. The lowest BCUT2D eigenvalue weighted by Crippen LogP contribution is -2.16. The predicted molar refractivity (Wildman–Crippen MR) is 67.3 cm³/mol. The Kier molecular flexibility index (Phi) is 3.41. The van der Waals surface area contributed by atoms with Gasteiger partial charge in [-0.1, -0.05) is 26.0 Å². The molecule has 0 N–H and O–H groups in total. The highest BCUT2D eigenvalue weighted by molar-refractivity contribution is 6.43. The molecule has 0 fully saturated rings. The van der Waals surface area contributed by atoms with Gasteiger partial charge in [0.15, 0.2) is 0 Å². The van der Waals surface area contributed by atoms with Crippen LogP contribution in [0.4, 0.5) is 0 Å². The molecule has 2 heteroatoms. The predicted octanol–water partition coefficient (Wildman–Crippen LogP) is 2.97. The number of fused-ring (bicyclic) bond motifs is 1. The van der Waals surface area contributed by atoms with E-state index in [1.54, 1.807) is 6.07 Å². The Morgan fingerprint density at radius 3 is 2.59 bits per heavy atom. The molecule has 17 heavy (non-hydrogen) atoms. The highest BCUT2D eigenvalue weighted by Gasteiger charge is 2.19. The molecule has 0 saturated heterocycles. The van der Waals surface area contributed by atoms with Crippen molar-refractivity contribution in [3.05, 3.63) is 34.9 Å². The van der Waals surface area contributed by atoms with Crippen LogP contribution < -0.4 is 0 Å². The van der Waals surface area contributed by atoms with Crippen molar-refractivity contribution >= 4 is 11.6 Å². The Balaban J connectivity index is 2.17. The molecule has 0 bridgehead atoms. The highest BCUT2D eigenvalue weighted by atomic mass is 16.2. The van der Waals surface area contributed by atoms with Gasteiger partial charge < -0.3 is 0 Å². The minimum Gasteiger partial charge on any atom is -0.290 e. The maximum Gasteiger partial charge on any atom is 0.228 e. The molecule has 1 aliphatic rings. The summed E-state index contributed by atoms with van der Waals surface area (Å²) in [5, 5.41) is 0. The number of carbonyl (C=O) groups excluding carboxylic acids is 2. The zero-order chi connectivity index (χ0) is 12.4. The van der Waals surface area contributed by atoms with Gasteiger partial charge >= 0.3 is 0 Å². The molecule has 2 nitrogen and oxygen atoms in total. The van der Waals surface area contributed by atoms with Gasteiger partial charge in [0, 0.05) is 12.0 Å². The van der Waals surface area contributed by atoms with E-state index in [2.05, 4.69) is 0 Å². The summed E-state index contributed by atoms with van der Waals surface area (Å²) in [6, 6.07) is 5.70. The number of carbonyl (C=O) groups is 2. The van der Waals surface area contributed by atoms with Crippen molar-refractivity contribution in [1.29, 1.82) is 0 Å². The van der Waals surface area contributed by atoms with Crippen LogP contribution in [0.1, 0.15) is 48.2 Å². The zero-order valence-electron chi connectivity index (χ0n) is 10.5.